The molecule has 2 aromatic heterocycles. The fourth-order valence-corrected chi connectivity index (χ4v) is 5.13. The lowest BCUT2D eigenvalue weighted by Crippen LogP contribution is -2.26. The van der Waals surface area contributed by atoms with E-state index in [-0.39, 0.29) is 11.7 Å². The highest BCUT2D eigenvalue weighted by atomic mass is 32.2. The number of aromatic nitrogens is 2. The minimum Gasteiger partial charge on any atom is -0.355 e. The number of hydrogen-bond acceptors (Lipinski definition) is 6. The molecule has 27 heavy (non-hydrogen) atoms. The first-order chi connectivity index (χ1) is 13.0. The highest BCUT2D eigenvalue weighted by Crippen LogP contribution is 2.33. The second-order valence-electron chi connectivity index (χ2n) is 6.80. The van der Waals surface area contributed by atoms with Gasteiger partial charge in [0.25, 0.3) is 5.56 Å². The predicted molar refractivity (Wildman–Crippen MR) is 111 cm³/mol. The van der Waals surface area contributed by atoms with Crippen molar-refractivity contribution in [3.05, 3.63) is 45.1 Å². The molecule has 0 unspecified atom stereocenters. The van der Waals surface area contributed by atoms with E-state index in [1.165, 1.54) is 22.5 Å². The van der Waals surface area contributed by atoms with E-state index in [2.05, 4.69) is 32.0 Å². The van der Waals surface area contributed by atoms with Gasteiger partial charge in [0.2, 0.25) is 0 Å². The van der Waals surface area contributed by atoms with Crippen LogP contribution in [-0.4, -0.2) is 34.8 Å². The summed E-state index contributed by atoms with van der Waals surface area (Å²) >= 11 is 3.10. The molecule has 1 saturated heterocycles. The van der Waals surface area contributed by atoms with Gasteiger partial charge in [-0.2, -0.15) is 0 Å². The Morgan fingerprint density at radius 1 is 1.33 bits per heavy atom. The average Bonchev–Trinajstić information content (AvgIpc) is 3.10. The lowest BCUT2D eigenvalue weighted by Gasteiger charge is -2.22. The van der Waals surface area contributed by atoms with E-state index >= 15 is 0 Å². The van der Waals surface area contributed by atoms with Crippen molar-refractivity contribution in [3.8, 4) is 11.1 Å². The van der Waals surface area contributed by atoms with Crippen LogP contribution in [-0.2, 0) is 16.5 Å². The van der Waals surface area contributed by atoms with Crippen molar-refractivity contribution in [1.29, 1.82) is 0 Å². The molecule has 1 aliphatic rings. The van der Waals surface area contributed by atoms with Crippen LogP contribution in [0.1, 0.15) is 17.5 Å². The van der Waals surface area contributed by atoms with E-state index in [0.29, 0.717) is 12.2 Å². The zero-order chi connectivity index (χ0) is 19.0. The second kappa shape index (κ2) is 7.75. The SMILES string of the molecule is Cc1ccc(-c2csc3nc(SC[C@@H]4CCOCO4)n(C)c(=O)c23)cc1C. The van der Waals surface area contributed by atoms with Crippen molar-refractivity contribution in [1.82, 2.24) is 9.55 Å². The summed E-state index contributed by atoms with van der Waals surface area (Å²) in [6.07, 6.45) is 1.02. The predicted octanol–water partition coefficient (Wildman–Crippen LogP) is 4.13. The van der Waals surface area contributed by atoms with Gasteiger partial charge in [0.05, 0.1) is 18.1 Å². The van der Waals surface area contributed by atoms with E-state index in [9.17, 15) is 4.79 Å². The maximum absolute atomic E-state index is 13.1. The summed E-state index contributed by atoms with van der Waals surface area (Å²) in [5, 5.41) is 3.48. The largest absolute Gasteiger partial charge is 0.355 e. The minimum absolute atomic E-state index is 0.00451. The summed E-state index contributed by atoms with van der Waals surface area (Å²) < 4.78 is 12.5. The molecule has 3 heterocycles. The van der Waals surface area contributed by atoms with Crippen LogP contribution in [0, 0.1) is 13.8 Å². The van der Waals surface area contributed by atoms with Crippen molar-refractivity contribution in [2.24, 2.45) is 7.05 Å². The summed E-state index contributed by atoms with van der Waals surface area (Å²) in [6.45, 7) is 5.26. The molecule has 0 bridgehead atoms. The normalized spacial score (nSPS) is 17.5. The number of thioether (sulfide) groups is 1. The highest BCUT2D eigenvalue weighted by molar-refractivity contribution is 7.99. The number of fused-ring (bicyclic) bond motifs is 1. The van der Waals surface area contributed by atoms with E-state index < -0.39 is 0 Å². The van der Waals surface area contributed by atoms with Crippen LogP contribution in [0.4, 0.5) is 0 Å². The molecule has 0 amide bonds. The fourth-order valence-electron chi connectivity index (χ4n) is 3.10. The average molecular weight is 403 g/mol. The molecule has 0 N–H and O–H groups in total. The summed E-state index contributed by atoms with van der Waals surface area (Å²) in [6, 6.07) is 6.32. The second-order valence-corrected chi connectivity index (χ2v) is 8.65. The molecule has 7 heteroatoms. The van der Waals surface area contributed by atoms with Crippen molar-refractivity contribution >= 4 is 33.3 Å². The van der Waals surface area contributed by atoms with E-state index in [1.54, 1.807) is 23.4 Å². The Hall–Kier alpha value is -1.67. The molecule has 5 nitrogen and oxygen atoms in total. The van der Waals surface area contributed by atoms with Gasteiger partial charge >= 0.3 is 0 Å². The van der Waals surface area contributed by atoms with Crippen LogP contribution in [0.2, 0.25) is 0 Å². The van der Waals surface area contributed by atoms with Gasteiger partial charge in [-0.25, -0.2) is 4.98 Å². The first-order valence-corrected chi connectivity index (χ1v) is 10.8. The third-order valence-corrected chi connectivity index (χ3v) is 7.00. The van der Waals surface area contributed by atoms with E-state index in [1.807, 2.05) is 5.38 Å². The summed E-state index contributed by atoms with van der Waals surface area (Å²) in [4.78, 5) is 18.6. The molecule has 0 aliphatic carbocycles. The number of benzene rings is 1. The van der Waals surface area contributed by atoms with Gasteiger partial charge < -0.3 is 9.47 Å². The molecule has 142 valence electrons. The van der Waals surface area contributed by atoms with Crippen LogP contribution >= 0.6 is 23.1 Å². The standard InChI is InChI=1S/C20H22N2O3S2/c1-12-4-5-14(8-13(12)2)16-10-26-18-17(16)19(23)22(3)20(21-18)27-9-15-6-7-24-11-25-15/h4-5,8,10,15H,6-7,9,11H2,1-3H3/t15-/m0/s1. The van der Waals surface area contributed by atoms with Crippen molar-refractivity contribution in [2.75, 3.05) is 19.2 Å². The number of thiophene rings is 1. The monoisotopic (exact) mass is 402 g/mol. The van der Waals surface area contributed by atoms with Gasteiger partial charge in [0, 0.05) is 23.7 Å². The Bertz CT molecular complexity index is 1040. The summed E-state index contributed by atoms with van der Waals surface area (Å²) in [5.41, 5.74) is 4.51. The Labute approximate surface area is 166 Å². The quantitative estimate of drug-likeness (QED) is 0.485. The third-order valence-electron chi connectivity index (χ3n) is 4.96. The Balaban J connectivity index is 1.68. The van der Waals surface area contributed by atoms with Gasteiger partial charge in [0.1, 0.15) is 11.6 Å². The van der Waals surface area contributed by atoms with Crippen LogP contribution in [0.25, 0.3) is 21.3 Å². The van der Waals surface area contributed by atoms with Crippen LogP contribution in [0.5, 0.6) is 0 Å². The molecule has 0 radical (unpaired) electrons. The lowest BCUT2D eigenvalue weighted by molar-refractivity contribution is -0.130. The smallest absolute Gasteiger partial charge is 0.263 e. The Kier molecular flexibility index (Phi) is 5.36. The van der Waals surface area contributed by atoms with Crippen LogP contribution in [0.15, 0.2) is 33.5 Å². The zero-order valence-electron chi connectivity index (χ0n) is 15.7. The Morgan fingerprint density at radius 3 is 2.93 bits per heavy atom. The molecule has 4 rings (SSSR count). The summed E-state index contributed by atoms with van der Waals surface area (Å²) in [7, 11) is 1.80. The molecule has 3 aromatic rings. The maximum atomic E-state index is 13.1. The van der Waals surface area contributed by atoms with E-state index in [0.717, 1.165) is 39.9 Å². The number of nitrogens with zero attached hydrogens (tertiary/aromatic N) is 2. The van der Waals surface area contributed by atoms with Gasteiger partial charge in [-0.1, -0.05) is 30.0 Å². The molecule has 0 spiro atoms. The molecule has 1 fully saturated rings. The van der Waals surface area contributed by atoms with Crippen molar-refractivity contribution < 1.29 is 9.47 Å². The van der Waals surface area contributed by atoms with Gasteiger partial charge in [0.15, 0.2) is 5.16 Å². The molecule has 0 saturated carbocycles. The first kappa shape index (κ1) is 18.7. The van der Waals surface area contributed by atoms with Gasteiger partial charge in [-0.15, -0.1) is 11.3 Å². The molecular formula is C20H22N2O3S2. The molecule has 1 aliphatic heterocycles. The van der Waals surface area contributed by atoms with Crippen LogP contribution < -0.4 is 5.56 Å². The minimum atomic E-state index is 0.00451. The Morgan fingerprint density at radius 2 is 2.19 bits per heavy atom. The zero-order valence-corrected chi connectivity index (χ0v) is 17.3. The van der Waals surface area contributed by atoms with Gasteiger partial charge in [-0.05, 0) is 37.0 Å². The first-order valence-electron chi connectivity index (χ1n) is 8.92. The number of rotatable bonds is 4. The molecular weight excluding hydrogens is 380 g/mol. The van der Waals surface area contributed by atoms with E-state index in [4.69, 9.17) is 14.5 Å². The maximum Gasteiger partial charge on any atom is 0.263 e. The van der Waals surface area contributed by atoms with Crippen molar-refractivity contribution in [2.45, 2.75) is 31.5 Å². The van der Waals surface area contributed by atoms with Crippen LogP contribution in [0.3, 0.4) is 0 Å². The number of aryl methyl sites for hydroxylation is 2. The third kappa shape index (κ3) is 3.69. The molecule has 1 atom stereocenters. The number of hydrogen-bond donors (Lipinski definition) is 0. The number of ether oxygens (including phenoxy) is 2. The summed E-state index contributed by atoms with van der Waals surface area (Å²) in [5.74, 6) is 0.768. The van der Waals surface area contributed by atoms with Crippen molar-refractivity contribution in [3.63, 3.8) is 0 Å². The van der Waals surface area contributed by atoms with Gasteiger partial charge in [-0.3, -0.25) is 9.36 Å². The molecule has 1 aromatic carbocycles. The fraction of sp³-hybridized carbons (Fsp3) is 0.400. The highest BCUT2D eigenvalue weighted by Gasteiger charge is 2.19. The lowest BCUT2D eigenvalue weighted by atomic mass is 10.0. The topological polar surface area (TPSA) is 53.4 Å².